The molecule has 0 bridgehead atoms. The number of nitrogens with two attached hydrogens (primary N) is 1. The highest BCUT2D eigenvalue weighted by molar-refractivity contribution is 5.75. The summed E-state index contributed by atoms with van der Waals surface area (Å²) in [5, 5.41) is 3.35. The first-order valence-electron chi connectivity index (χ1n) is 10.0. The van der Waals surface area contributed by atoms with Crippen LogP contribution in [0.25, 0.3) is 0 Å². The van der Waals surface area contributed by atoms with Gasteiger partial charge in [0.05, 0.1) is 6.10 Å². The van der Waals surface area contributed by atoms with Crippen LogP contribution in [0, 0.1) is 5.92 Å². The van der Waals surface area contributed by atoms with E-state index < -0.39 is 0 Å². The molecular formula is C21H29N5O. The molecule has 2 saturated heterocycles. The average molecular weight is 367 g/mol. The number of benzene rings is 1. The van der Waals surface area contributed by atoms with Crippen LogP contribution in [-0.2, 0) is 11.2 Å². The van der Waals surface area contributed by atoms with Crippen LogP contribution in [0.5, 0.6) is 0 Å². The molecule has 0 spiro atoms. The maximum Gasteiger partial charge on any atom is 0.157 e. The van der Waals surface area contributed by atoms with Gasteiger partial charge < -0.3 is 20.7 Å². The normalized spacial score (nSPS) is 20.7. The minimum absolute atomic E-state index is 0.261. The van der Waals surface area contributed by atoms with Crippen molar-refractivity contribution in [2.45, 2.75) is 38.2 Å². The van der Waals surface area contributed by atoms with E-state index in [0.29, 0.717) is 5.69 Å². The van der Waals surface area contributed by atoms with Crippen LogP contribution in [0.3, 0.4) is 0 Å². The average Bonchev–Trinajstić information content (AvgIpc) is 3.22. The fourth-order valence-corrected chi connectivity index (χ4v) is 4.09. The summed E-state index contributed by atoms with van der Waals surface area (Å²) in [5.74, 6) is 2.31. The summed E-state index contributed by atoms with van der Waals surface area (Å²) in [6.45, 7) is 3.59. The third-order valence-corrected chi connectivity index (χ3v) is 5.67. The molecule has 0 saturated carbocycles. The van der Waals surface area contributed by atoms with Crippen molar-refractivity contribution in [1.29, 1.82) is 0 Å². The molecule has 2 aliphatic heterocycles. The number of nitrogen functional groups attached to an aromatic ring is 1. The quantitative estimate of drug-likeness (QED) is 0.817. The molecule has 2 fully saturated rings. The number of aromatic nitrogens is 2. The number of hydrogen-bond acceptors (Lipinski definition) is 6. The molecule has 1 unspecified atom stereocenters. The first-order chi connectivity index (χ1) is 13.3. The Morgan fingerprint density at radius 3 is 2.67 bits per heavy atom. The van der Waals surface area contributed by atoms with Crippen LogP contribution in [-0.4, -0.2) is 42.3 Å². The smallest absolute Gasteiger partial charge is 0.157 e. The van der Waals surface area contributed by atoms with E-state index in [9.17, 15) is 0 Å². The first-order valence-corrected chi connectivity index (χ1v) is 10.0. The maximum absolute atomic E-state index is 6.39. The Balaban J connectivity index is 1.34. The van der Waals surface area contributed by atoms with Crippen molar-refractivity contribution in [3.05, 3.63) is 42.2 Å². The van der Waals surface area contributed by atoms with Gasteiger partial charge >= 0.3 is 0 Å². The third-order valence-electron chi connectivity index (χ3n) is 5.67. The Kier molecular flexibility index (Phi) is 5.72. The summed E-state index contributed by atoms with van der Waals surface area (Å²) >= 11 is 0. The minimum Gasteiger partial charge on any atom is -0.393 e. The molecule has 144 valence electrons. The number of hydrogen-bond donors (Lipinski definition) is 2. The zero-order valence-electron chi connectivity index (χ0n) is 15.8. The highest BCUT2D eigenvalue weighted by atomic mass is 16.5. The molecule has 0 radical (unpaired) electrons. The molecule has 27 heavy (non-hydrogen) atoms. The Bertz CT molecular complexity index is 725. The summed E-state index contributed by atoms with van der Waals surface area (Å²) in [6, 6.07) is 10.8. The van der Waals surface area contributed by atoms with E-state index in [0.717, 1.165) is 75.9 Å². The molecule has 1 aromatic heterocycles. The van der Waals surface area contributed by atoms with Crippen LogP contribution >= 0.6 is 0 Å². The fraction of sp³-hybridized carbons (Fsp3) is 0.524. The van der Waals surface area contributed by atoms with Crippen LogP contribution in [0.15, 0.2) is 36.7 Å². The van der Waals surface area contributed by atoms with Crippen molar-refractivity contribution in [3.8, 4) is 0 Å². The van der Waals surface area contributed by atoms with Crippen LogP contribution in [0.1, 0.15) is 31.2 Å². The van der Waals surface area contributed by atoms with Gasteiger partial charge in [0.1, 0.15) is 12.0 Å². The topological polar surface area (TPSA) is 76.3 Å². The predicted molar refractivity (Wildman–Crippen MR) is 109 cm³/mol. The van der Waals surface area contributed by atoms with E-state index in [2.05, 4.69) is 50.5 Å². The molecule has 1 aromatic carbocycles. The Morgan fingerprint density at radius 2 is 1.93 bits per heavy atom. The Morgan fingerprint density at radius 1 is 1.11 bits per heavy atom. The summed E-state index contributed by atoms with van der Waals surface area (Å²) in [6.07, 6.45) is 7.58. The molecule has 2 aliphatic rings. The number of rotatable bonds is 6. The van der Waals surface area contributed by atoms with Gasteiger partial charge in [0.25, 0.3) is 0 Å². The molecule has 6 nitrogen and oxygen atoms in total. The molecular weight excluding hydrogens is 338 g/mol. The number of nitrogens with zero attached hydrogens (tertiary/aromatic N) is 3. The molecule has 0 amide bonds. The number of ether oxygens (including phenoxy) is 1. The summed E-state index contributed by atoms with van der Waals surface area (Å²) in [7, 11) is 0. The van der Waals surface area contributed by atoms with Gasteiger partial charge in [0.15, 0.2) is 11.6 Å². The monoisotopic (exact) mass is 367 g/mol. The fourth-order valence-electron chi connectivity index (χ4n) is 4.09. The van der Waals surface area contributed by atoms with Crippen molar-refractivity contribution in [2.75, 3.05) is 42.2 Å². The van der Waals surface area contributed by atoms with Gasteiger partial charge in [-0.1, -0.05) is 30.3 Å². The summed E-state index contributed by atoms with van der Waals surface area (Å²) in [4.78, 5) is 11.1. The second-order valence-corrected chi connectivity index (χ2v) is 7.60. The van der Waals surface area contributed by atoms with Crippen molar-refractivity contribution in [3.63, 3.8) is 0 Å². The summed E-state index contributed by atoms with van der Waals surface area (Å²) in [5.41, 5.74) is 8.47. The lowest BCUT2D eigenvalue weighted by atomic mass is 9.90. The van der Waals surface area contributed by atoms with Crippen molar-refractivity contribution in [1.82, 2.24) is 9.97 Å². The largest absolute Gasteiger partial charge is 0.393 e. The van der Waals surface area contributed by atoms with Gasteiger partial charge in [-0.15, -0.1) is 0 Å². The van der Waals surface area contributed by atoms with Crippen LogP contribution < -0.4 is 16.0 Å². The number of piperidine rings is 1. The lowest BCUT2D eigenvalue weighted by Crippen LogP contribution is -2.35. The molecule has 3 heterocycles. The maximum atomic E-state index is 6.39. The van der Waals surface area contributed by atoms with E-state index in [1.165, 1.54) is 5.56 Å². The van der Waals surface area contributed by atoms with E-state index in [1.807, 2.05) is 0 Å². The first kappa shape index (κ1) is 18.0. The Hall–Kier alpha value is -2.34. The van der Waals surface area contributed by atoms with E-state index in [4.69, 9.17) is 10.5 Å². The second-order valence-electron chi connectivity index (χ2n) is 7.60. The molecule has 3 N–H and O–H groups in total. The zero-order valence-corrected chi connectivity index (χ0v) is 15.8. The molecule has 1 atom stereocenters. The van der Waals surface area contributed by atoms with Crippen LogP contribution in [0.4, 0.5) is 17.3 Å². The minimum atomic E-state index is 0.261. The van der Waals surface area contributed by atoms with Gasteiger partial charge in [-0.25, -0.2) is 9.97 Å². The van der Waals surface area contributed by atoms with E-state index in [-0.39, 0.29) is 6.10 Å². The summed E-state index contributed by atoms with van der Waals surface area (Å²) < 4.78 is 5.66. The van der Waals surface area contributed by atoms with Gasteiger partial charge in [-0.2, -0.15) is 0 Å². The van der Waals surface area contributed by atoms with Gasteiger partial charge in [0, 0.05) is 26.2 Å². The second kappa shape index (κ2) is 8.57. The van der Waals surface area contributed by atoms with Crippen molar-refractivity contribution in [2.24, 2.45) is 5.92 Å². The van der Waals surface area contributed by atoms with Gasteiger partial charge in [0.2, 0.25) is 0 Å². The van der Waals surface area contributed by atoms with Gasteiger partial charge in [-0.05, 0) is 43.6 Å². The highest BCUT2D eigenvalue weighted by Crippen LogP contribution is 2.31. The lowest BCUT2D eigenvalue weighted by molar-refractivity contribution is 0.120. The Labute approximate surface area is 161 Å². The van der Waals surface area contributed by atoms with Crippen molar-refractivity contribution >= 4 is 17.3 Å². The molecule has 4 rings (SSSR count). The van der Waals surface area contributed by atoms with E-state index >= 15 is 0 Å². The molecule has 2 aromatic rings. The number of anilines is 3. The van der Waals surface area contributed by atoms with Crippen molar-refractivity contribution < 1.29 is 4.74 Å². The SMILES string of the molecule is Nc1c(NCC2CCCO2)ncnc1N1CCC(Cc2ccccc2)CC1. The predicted octanol–water partition coefficient (Wildman–Crippen LogP) is 3.11. The number of nitrogens with one attached hydrogen (secondary N) is 1. The highest BCUT2D eigenvalue weighted by Gasteiger charge is 2.23. The standard InChI is InChI=1S/C21H29N5O/c22-19-20(23-14-18-7-4-12-27-18)24-15-25-21(19)26-10-8-17(9-11-26)13-16-5-2-1-3-6-16/h1-3,5-6,15,17-18H,4,7-14,22H2,(H,23,24,25). The van der Waals surface area contributed by atoms with Gasteiger partial charge in [-0.3, -0.25) is 0 Å². The lowest BCUT2D eigenvalue weighted by Gasteiger charge is -2.33. The third kappa shape index (κ3) is 4.50. The zero-order chi connectivity index (χ0) is 18.5. The molecule has 6 heteroatoms. The van der Waals surface area contributed by atoms with Crippen LogP contribution in [0.2, 0.25) is 0 Å². The van der Waals surface area contributed by atoms with E-state index in [1.54, 1.807) is 6.33 Å². The molecule has 0 aliphatic carbocycles.